The zero-order valence-electron chi connectivity index (χ0n) is 15.0. The highest BCUT2D eigenvalue weighted by molar-refractivity contribution is 5.71. The van der Waals surface area contributed by atoms with E-state index in [0.717, 1.165) is 12.8 Å². The van der Waals surface area contributed by atoms with Crippen molar-refractivity contribution in [3.8, 4) is 0 Å². The average molecular weight is 299 g/mol. The van der Waals surface area contributed by atoms with Gasteiger partial charge in [0.15, 0.2) is 0 Å². The summed E-state index contributed by atoms with van der Waals surface area (Å²) in [4.78, 5) is 11.7. The van der Waals surface area contributed by atoms with Crippen LogP contribution in [0.4, 0.5) is 0 Å². The van der Waals surface area contributed by atoms with Crippen molar-refractivity contribution in [2.75, 3.05) is 6.61 Å². The quantitative estimate of drug-likeness (QED) is 0.285. The fraction of sp³-hybridized carbons (Fsp3) is 0.947. The van der Waals surface area contributed by atoms with Crippen LogP contribution in [0.1, 0.15) is 98.3 Å². The Morgan fingerprint density at radius 1 is 0.810 bits per heavy atom. The van der Waals surface area contributed by atoms with E-state index in [4.69, 9.17) is 4.74 Å². The van der Waals surface area contributed by atoms with Crippen molar-refractivity contribution in [1.29, 1.82) is 0 Å². The maximum atomic E-state index is 11.7. The number of rotatable bonds is 14. The van der Waals surface area contributed by atoms with E-state index in [1.54, 1.807) is 0 Å². The van der Waals surface area contributed by atoms with Gasteiger partial charge in [-0.3, -0.25) is 4.79 Å². The molecule has 0 amide bonds. The SMILES string of the molecule is CCCCCCCCCCCCOC(=O)C(C)CC(C)C. The van der Waals surface area contributed by atoms with Gasteiger partial charge in [0.1, 0.15) is 0 Å². The average Bonchev–Trinajstić information content (AvgIpc) is 2.43. The number of hydrogen-bond acceptors (Lipinski definition) is 2. The second-order valence-corrected chi connectivity index (χ2v) is 6.88. The molecule has 0 aromatic carbocycles. The van der Waals surface area contributed by atoms with Gasteiger partial charge >= 0.3 is 5.97 Å². The summed E-state index contributed by atoms with van der Waals surface area (Å²) in [5.41, 5.74) is 0. The van der Waals surface area contributed by atoms with Gasteiger partial charge in [-0.2, -0.15) is 0 Å². The van der Waals surface area contributed by atoms with E-state index >= 15 is 0 Å². The second-order valence-electron chi connectivity index (χ2n) is 6.88. The van der Waals surface area contributed by atoms with Gasteiger partial charge in [-0.15, -0.1) is 0 Å². The molecule has 0 rings (SSSR count). The summed E-state index contributed by atoms with van der Waals surface area (Å²) in [6.07, 6.45) is 14.1. The number of carbonyl (C=O) groups is 1. The van der Waals surface area contributed by atoms with Crippen molar-refractivity contribution >= 4 is 5.97 Å². The Morgan fingerprint density at radius 2 is 1.29 bits per heavy atom. The smallest absolute Gasteiger partial charge is 0.308 e. The molecule has 0 radical (unpaired) electrons. The van der Waals surface area contributed by atoms with Crippen LogP contribution >= 0.6 is 0 Å². The van der Waals surface area contributed by atoms with E-state index in [-0.39, 0.29) is 11.9 Å². The standard InChI is InChI=1S/C19H38O2/c1-5-6-7-8-9-10-11-12-13-14-15-21-19(20)18(4)16-17(2)3/h17-18H,5-16H2,1-4H3. The summed E-state index contributed by atoms with van der Waals surface area (Å²) < 4.78 is 5.34. The zero-order chi connectivity index (χ0) is 15.9. The van der Waals surface area contributed by atoms with Crippen LogP contribution in [-0.2, 0) is 9.53 Å². The topological polar surface area (TPSA) is 26.3 Å². The van der Waals surface area contributed by atoms with Gasteiger partial charge in [-0.1, -0.05) is 85.5 Å². The first-order chi connectivity index (χ1) is 10.1. The summed E-state index contributed by atoms with van der Waals surface area (Å²) in [5, 5.41) is 0. The fourth-order valence-electron chi connectivity index (χ4n) is 2.71. The lowest BCUT2D eigenvalue weighted by Gasteiger charge is -2.13. The van der Waals surface area contributed by atoms with Gasteiger partial charge in [0.05, 0.1) is 12.5 Å². The summed E-state index contributed by atoms with van der Waals surface area (Å²) in [7, 11) is 0. The first kappa shape index (κ1) is 20.5. The van der Waals surface area contributed by atoms with Crippen molar-refractivity contribution < 1.29 is 9.53 Å². The van der Waals surface area contributed by atoms with Gasteiger partial charge in [-0.05, 0) is 18.8 Å². The minimum absolute atomic E-state index is 0.0142. The van der Waals surface area contributed by atoms with Crippen LogP contribution in [0.5, 0.6) is 0 Å². The molecule has 0 aromatic rings. The van der Waals surface area contributed by atoms with Gasteiger partial charge in [-0.25, -0.2) is 0 Å². The summed E-state index contributed by atoms with van der Waals surface area (Å²) in [6.45, 7) is 9.13. The van der Waals surface area contributed by atoms with E-state index in [2.05, 4.69) is 20.8 Å². The molecule has 1 atom stereocenters. The summed E-state index contributed by atoms with van der Waals surface area (Å²) in [6, 6.07) is 0. The van der Waals surface area contributed by atoms with Gasteiger partial charge in [0, 0.05) is 0 Å². The third-order valence-corrected chi connectivity index (χ3v) is 3.97. The predicted octanol–water partition coefficient (Wildman–Crippen LogP) is 6.13. The first-order valence-corrected chi connectivity index (χ1v) is 9.24. The molecule has 126 valence electrons. The molecule has 0 aromatic heterocycles. The molecule has 0 heterocycles. The fourth-order valence-corrected chi connectivity index (χ4v) is 2.71. The van der Waals surface area contributed by atoms with Crippen LogP contribution in [0.25, 0.3) is 0 Å². The third-order valence-electron chi connectivity index (χ3n) is 3.97. The molecule has 21 heavy (non-hydrogen) atoms. The predicted molar refractivity (Wildman–Crippen MR) is 91.4 cm³/mol. The number of ether oxygens (including phenoxy) is 1. The maximum absolute atomic E-state index is 11.7. The number of esters is 1. The molecular formula is C19H38O2. The Bertz CT molecular complexity index is 236. The highest BCUT2D eigenvalue weighted by atomic mass is 16.5. The normalized spacial score (nSPS) is 12.6. The Labute approximate surface area is 133 Å². The van der Waals surface area contributed by atoms with E-state index in [0.29, 0.717) is 12.5 Å². The lowest BCUT2D eigenvalue weighted by molar-refractivity contribution is -0.148. The molecule has 0 aliphatic rings. The largest absolute Gasteiger partial charge is 0.465 e. The molecule has 0 saturated carbocycles. The lowest BCUT2D eigenvalue weighted by Crippen LogP contribution is -2.17. The molecule has 0 spiro atoms. The zero-order valence-corrected chi connectivity index (χ0v) is 15.0. The van der Waals surface area contributed by atoms with Crippen LogP contribution in [-0.4, -0.2) is 12.6 Å². The van der Waals surface area contributed by atoms with Crippen molar-refractivity contribution in [3.05, 3.63) is 0 Å². The molecule has 2 heteroatoms. The lowest BCUT2D eigenvalue weighted by atomic mass is 9.99. The summed E-state index contributed by atoms with van der Waals surface area (Å²) in [5.74, 6) is 0.595. The van der Waals surface area contributed by atoms with E-state index in [1.165, 1.54) is 57.8 Å². The maximum Gasteiger partial charge on any atom is 0.308 e. The minimum atomic E-state index is -0.0142. The molecule has 0 bridgehead atoms. The Morgan fingerprint density at radius 3 is 1.76 bits per heavy atom. The molecule has 0 aliphatic heterocycles. The molecular weight excluding hydrogens is 260 g/mol. The van der Waals surface area contributed by atoms with Gasteiger partial charge < -0.3 is 4.74 Å². The molecule has 0 aliphatic carbocycles. The second kappa shape index (κ2) is 14.4. The Balaban J connectivity index is 3.26. The van der Waals surface area contributed by atoms with E-state index in [1.807, 2.05) is 6.92 Å². The van der Waals surface area contributed by atoms with Crippen LogP contribution in [0.3, 0.4) is 0 Å². The van der Waals surface area contributed by atoms with Crippen molar-refractivity contribution in [3.63, 3.8) is 0 Å². The molecule has 2 nitrogen and oxygen atoms in total. The number of unbranched alkanes of at least 4 members (excludes halogenated alkanes) is 9. The van der Waals surface area contributed by atoms with Gasteiger partial charge in [0.25, 0.3) is 0 Å². The molecule has 0 N–H and O–H groups in total. The van der Waals surface area contributed by atoms with E-state index in [9.17, 15) is 4.79 Å². The minimum Gasteiger partial charge on any atom is -0.465 e. The number of carbonyl (C=O) groups excluding carboxylic acids is 1. The first-order valence-electron chi connectivity index (χ1n) is 9.24. The van der Waals surface area contributed by atoms with Gasteiger partial charge in [0.2, 0.25) is 0 Å². The van der Waals surface area contributed by atoms with E-state index < -0.39 is 0 Å². The highest BCUT2D eigenvalue weighted by Gasteiger charge is 2.15. The summed E-state index contributed by atoms with van der Waals surface area (Å²) >= 11 is 0. The Hall–Kier alpha value is -0.530. The number of hydrogen-bond donors (Lipinski definition) is 0. The van der Waals surface area contributed by atoms with Crippen LogP contribution in [0.2, 0.25) is 0 Å². The van der Waals surface area contributed by atoms with Crippen molar-refractivity contribution in [2.45, 2.75) is 98.3 Å². The highest BCUT2D eigenvalue weighted by Crippen LogP contribution is 2.13. The van der Waals surface area contributed by atoms with Crippen molar-refractivity contribution in [2.24, 2.45) is 11.8 Å². The van der Waals surface area contributed by atoms with Crippen LogP contribution in [0, 0.1) is 11.8 Å². The molecule has 0 saturated heterocycles. The molecule has 0 fully saturated rings. The van der Waals surface area contributed by atoms with Crippen LogP contribution in [0.15, 0.2) is 0 Å². The van der Waals surface area contributed by atoms with Crippen molar-refractivity contribution in [1.82, 2.24) is 0 Å². The monoisotopic (exact) mass is 298 g/mol. The Kier molecular flexibility index (Phi) is 14.0. The third kappa shape index (κ3) is 14.2. The van der Waals surface area contributed by atoms with Crippen LogP contribution < -0.4 is 0 Å². The molecule has 1 unspecified atom stereocenters.